The van der Waals surface area contributed by atoms with Gasteiger partial charge in [0.1, 0.15) is 5.84 Å². The fourth-order valence-electron chi connectivity index (χ4n) is 2.38. The summed E-state index contributed by atoms with van der Waals surface area (Å²) in [7, 11) is 0. The number of urea groups is 1. The molecule has 0 radical (unpaired) electrons. The van der Waals surface area contributed by atoms with Crippen molar-refractivity contribution < 1.29 is 4.79 Å². The molecule has 0 aliphatic rings. The predicted octanol–water partition coefficient (Wildman–Crippen LogP) is 4.13. The highest BCUT2D eigenvalue weighted by molar-refractivity contribution is 6.33. The van der Waals surface area contributed by atoms with Crippen LogP contribution in [-0.4, -0.2) is 16.9 Å². The zero-order valence-electron chi connectivity index (χ0n) is 13.7. The summed E-state index contributed by atoms with van der Waals surface area (Å²) in [5, 5.41) is 13.8. The molecule has 7 heteroatoms. The number of halogens is 1. The number of nitrogens with zero attached hydrogens (tertiary/aromatic N) is 1. The predicted molar refractivity (Wildman–Crippen MR) is 105 cm³/mol. The fourth-order valence-corrected chi connectivity index (χ4v) is 2.61. The first kappa shape index (κ1) is 17.4. The number of carbonyl (C=O) groups excluding carboxylic acids is 1. The molecule has 0 unspecified atom stereocenters. The Morgan fingerprint density at radius 2 is 1.85 bits per heavy atom. The standard InChI is InChI=1S/C19H16ClN5O/c20-15-7-4-10-23-17(15)12-8-9-16(21)14(11-12)18(22)25-19(26)24-13-5-2-1-3-6-13/h1-11H,21H2,(H3,22,24,25,26). The molecule has 130 valence electrons. The number of hydrogen-bond donors (Lipinski definition) is 4. The van der Waals surface area contributed by atoms with Crippen molar-refractivity contribution in [1.29, 1.82) is 5.41 Å². The van der Waals surface area contributed by atoms with Gasteiger partial charge in [0.15, 0.2) is 0 Å². The van der Waals surface area contributed by atoms with Gasteiger partial charge in [0.2, 0.25) is 0 Å². The van der Waals surface area contributed by atoms with Crippen LogP contribution in [0.4, 0.5) is 16.2 Å². The molecule has 0 saturated carbocycles. The third-order valence-corrected chi connectivity index (χ3v) is 3.93. The van der Waals surface area contributed by atoms with Gasteiger partial charge in [-0.1, -0.05) is 35.9 Å². The van der Waals surface area contributed by atoms with Gasteiger partial charge in [0.25, 0.3) is 0 Å². The number of amides is 2. The molecule has 5 N–H and O–H groups in total. The lowest BCUT2D eigenvalue weighted by Gasteiger charge is -2.12. The lowest BCUT2D eigenvalue weighted by molar-refractivity contribution is 0.256. The molecule has 26 heavy (non-hydrogen) atoms. The lowest BCUT2D eigenvalue weighted by atomic mass is 10.0. The molecule has 2 amide bonds. The number of benzene rings is 2. The van der Waals surface area contributed by atoms with Gasteiger partial charge in [-0.2, -0.15) is 0 Å². The molecule has 0 saturated heterocycles. The zero-order chi connectivity index (χ0) is 18.5. The molecule has 6 nitrogen and oxygen atoms in total. The van der Waals surface area contributed by atoms with Crippen LogP contribution in [0.2, 0.25) is 5.02 Å². The van der Waals surface area contributed by atoms with E-state index in [1.807, 2.05) is 6.07 Å². The lowest BCUT2D eigenvalue weighted by Crippen LogP contribution is -2.34. The summed E-state index contributed by atoms with van der Waals surface area (Å²) in [6.07, 6.45) is 1.63. The number of pyridine rings is 1. The number of nitrogens with one attached hydrogen (secondary N) is 3. The van der Waals surface area contributed by atoms with Crippen LogP contribution in [0.3, 0.4) is 0 Å². The summed E-state index contributed by atoms with van der Waals surface area (Å²) in [6.45, 7) is 0. The number of hydrogen-bond acceptors (Lipinski definition) is 4. The first-order valence-electron chi connectivity index (χ1n) is 7.77. The number of nitrogen functional groups attached to an aromatic ring is 1. The number of amidine groups is 1. The molecule has 3 rings (SSSR count). The summed E-state index contributed by atoms with van der Waals surface area (Å²) in [5.74, 6) is -0.121. The van der Waals surface area contributed by atoms with E-state index in [4.69, 9.17) is 22.7 Å². The Morgan fingerprint density at radius 3 is 2.58 bits per heavy atom. The third-order valence-electron chi connectivity index (χ3n) is 3.62. The van der Waals surface area contributed by atoms with Gasteiger partial charge in [0.05, 0.1) is 10.7 Å². The SMILES string of the molecule is N=C(NC(=O)Nc1ccccc1)c1cc(-c2ncccc2Cl)ccc1N. The maximum Gasteiger partial charge on any atom is 0.324 e. The van der Waals surface area contributed by atoms with E-state index in [0.29, 0.717) is 33.2 Å². The van der Waals surface area contributed by atoms with E-state index in [2.05, 4.69) is 15.6 Å². The van der Waals surface area contributed by atoms with Gasteiger partial charge in [-0.15, -0.1) is 0 Å². The van der Waals surface area contributed by atoms with Crippen molar-refractivity contribution in [2.45, 2.75) is 0 Å². The van der Waals surface area contributed by atoms with E-state index in [9.17, 15) is 4.79 Å². The van der Waals surface area contributed by atoms with Crippen LogP contribution >= 0.6 is 11.6 Å². The van der Waals surface area contributed by atoms with Gasteiger partial charge in [0, 0.05) is 28.7 Å². The highest BCUT2D eigenvalue weighted by Gasteiger charge is 2.13. The molecule has 0 aliphatic carbocycles. The number of para-hydroxylation sites is 1. The quantitative estimate of drug-likeness (QED) is 0.318. The molecule has 0 fully saturated rings. The highest BCUT2D eigenvalue weighted by atomic mass is 35.5. The number of aromatic nitrogens is 1. The van der Waals surface area contributed by atoms with Crippen LogP contribution in [0.15, 0.2) is 66.9 Å². The Morgan fingerprint density at radius 1 is 1.08 bits per heavy atom. The largest absolute Gasteiger partial charge is 0.398 e. The Labute approximate surface area is 155 Å². The van der Waals surface area contributed by atoms with E-state index in [1.54, 1.807) is 60.8 Å². The molecule has 1 aromatic heterocycles. The Hall–Kier alpha value is -3.38. The van der Waals surface area contributed by atoms with Crippen LogP contribution in [0.25, 0.3) is 11.3 Å². The van der Waals surface area contributed by atoms with Crippen molar-refractivity contribution in [3.8, 4) is 11.3 Å². The van der Waals surface area contributed by atoms with Crippen LogP contribution in [0.5, 0.6) is 0 Å². The molecule has 2 aromatic carbocycles. The minimum atomic E-state index is -0.526. The number of nitrogens with two attached hydrogens (primary N) is 1. The molecule has 1 heterocycles. The molecule has 0 aliphatic heterocycles. The second-order valence-electron chi connectivity index (χ2n) is 5.46. The van der Waals surface area contributed by atoms with E-state index in [-0.39, 0.29) is 5.84 Å². The van der Waals surface area contributed by atoms with E-state index in [0.717, 1.165) is 0 Å². The number of rotatable bonds is 3. The summed E-state index contributed by atoms with van der Waals surface area (Å²) in [4.78, 5) is 16.3. The van der Waals surface area contributed by atoms with Gasteiger partial charge in [-0.3, -0.25) is 15.7 Å². The van der Waals surface area contributed by atoms with Crippen molar-refractivity contribution in [2.24, 2.45) is 0 Å². The third kappa shape index (κ3) is 3.99. The van der Waals surface area contributed by atoms with Crippen LogP contribution < -0.4 is 16.4 Å². The smallest absolute Gasteiger partial charge is 0.324 e. The normalized spacial score (nSPS) is 10.2. The van der Waals surface area contributed by atoms with E-state index < -0.39 is 6.03 Å². The van der Waals surface area contributed by atoms with Gasteiger partial charge >= 0.3 is 6.03 Å². The molecule has 0 bridgehead atoms. The van der Waals surface area contributed by atoms with Crippen molar-refractivity contribution in [1.82, 2.24) is 10.3 Å². The summed E-state index contributed by atoms with van der Waals surface area (Å²) in [5.41, 5.74) is 8.63. The van der Waals surface area contributed by atoms with Gasteiger partial charge in [-0.05, 0) is 36.4 Å². The van der Waals surface area contributed by atoms with Crippen LogP contribution in [0.1, 0.15) is 5.56 Å². The Bertz CT molecular complexity index is 959. The minimum absolute atomic E-state index is 0.121. The van der Waals surface area contributed by atoms with Gasteiger partial charge in [-0.25, -0.2) is 4.79 Å². The maximum absolute atomic E-state index is 12.1. The van der Waals surface area contributed by atoms with Crippen molar-refractivity contribution in [3.63, 3.8) is 0 Å². The highest BCUT2D eigenvalue weighted by Crippen LogP contribution is 2.27. The molecule has 3 aromatic rings. The van der Waals surface area contributed by atoms with Crippen LogP contribution in [-0.2, 0) is 0 Å². The second-order valence-corrected chi connectivity index (χ2v) is 5.86. The number of carbonyl (C=O) groups is 1. The zero-order valence-corrected chi connectivity index (χ0v) is 14.4. The monoisotopic (exact) mass is 365 g/mol. The van der Waals surface area contributed by atoms with E-state index >= 15 is 0 Å². The van der Waals surface area contributed by atoms with Crippen molar-refractivity contribution in [3.05, 3.63) is 77.4 Å². The van der Waals surface area contributed by atoms with Gasteiger partial charge < -0.3 is 11.1 Å². The van der Waals surface area contributed by atoms with Crippen molar-refractivity contribution >= 4 is 34.8 Å². The molecular formula is C19H16ClN5O. The Kier molecular flexibility index (Phi) is 5.15. The topological polar surface area (TPSA) is 104 Å². The summed E-state index contributed by atoms with van der Waals surface area (Å²) >= 11 is 6.18. The van der Waals surface area contributed by atoms with E-state index in [1.165, 1.54) is 0 Å². The van der Waals surface area contributed by atoms with Crippen molar-refractivity contribution in [2.75, 3.05) is 11.1 Å². The summed E-state index contributed by atoms with van der Waals surface area (Å²) in [6, 6.07) is 17.0. The van der Waals surface area contributed by atoms with Crippen LogP contribution in [0, 0.1) is 5.41 Å². The second kappa shape index (κ2) is 7.67. The average Bonchev–Trinajstić information content (AvgIpc) is 2.63. The maximum atomic E-state index is 12.1. The first-order chi connectivity index (χ1) is 12.5. The fraction of sp³-hybridized carbons (Fsp3) is 0. The Balaban J connectivity index is 1.80. The molecular weight excluding hydrogens is 350 g/mol. The molecule has 0 spiro atoms. The first-order valence-corrected chi connectivity index (χ1v) is 8.15. The average molecular weight is 366 g/mol. The summed E-state index contributed by atoms with van der Waals surface area (Å²) < 4.78 is 0. The number of anilines is 2. The molecule has 0 atom stereocenters. The minimum Gasteiger partial charge on any atom is -0.398 e.